The Labute approximate surface area is 113 Å². The summed E-state index contributed by atoms with van der Waals surface area (Å²) < 4.78 is 6.25. The fourth-order valence-electron chi connectivity index (χ4n) is 4.12. The van der Waals surface area contributed by atoms with Crippen LogP contribution in [0.4, 0.5) is 0 Å². The van der Waals surface area contributed by atoms with Crippen LogP contribution in [0.25, 0.3) is 0 Å². The largest absolute Gasteiger partial charge is 0.375 e. The SMILES string of the molecule is CCNC1CCOC2(CCCC(CC(C)C)C2)C1. The van der Waals surface area contributed by atoms with Crippen LogP contribution in [0.2, 0.25) is 0 Å². The summed E-state index contributed by atoms with van der Waals surface area (Å²) in [6.45, 7) is 8.97. The highest BCUT2D eigenvalue weighted by Crippen LogP contribution is 2.42. The van der Waals surface area contributed by atoms with E-state index >= 15 is 0 Å². The maximum absolute atomic E-state index is 6.25. The first-order valence-electron chi connectivity index (χ1n) is 8.01. The van der Waals surface area contributed by atoms with Crippen molar-refractivity contribution >= 4 is 0 Å². The molecule has 106 valence electrons. The minimum Gasteiger partial charge on any atom is -0.375 e. The van der Waals surface area contributed by atoms with Gasteiger partial charge in [0.1, 0.15) is 0 Å². The molecular weight excluding hydrogens is 222 g/mol. The number of ether oxygens (including phenoxy) is 1. The minimum atomic E-state index is 0.225. The van der Waals surface area contributed by atoms with Crippen LogP contribution >= 0.6 is 0 Å². The molecule has 0 bridgehead atoms. The molecule has 0 radical (unpaired) electrons. The standard InChI is InChI=1S/C16H31NO/c1-4-17-15-7-9-18-16(12-15)8-5-6-14(11-16)10-13(2)3/h13-15,17H,4-12H2,1-3H3. The van der Waals surface area contributed by atoms with Crippen LogP contribution in [0.3, 0.4) is 0 Å². The van der Waals surface area contributed by atoms with Crippen molar-refractivity contribution in [3.8, 4) is 0 Å². The molecule has 0 aromatic carbocycles. The fraction of sp³-hybridized carbons (Fsp3) is 1.00. The van der Waals surface area contributed by atoms with Gasteiger partial charge in [-0.2, -0.15) is 0 Å². The maximum atomic E-state index is 6.25. The number of nitrogens with one attached hydrogen (secondary N) is 1. The molecule has 3 atom stereocenters. The molecular formula is C16H31NO. The molecule has 18 heavy (non-hydrogen) atoms. The molecule has 2 aliphatic rings. The molecule has 1 aliphatic heterocycles. The Morgan fingerprint density at radius 3 is 2.83 bits per heavy atom. The minimum absolute atomic E-state index is 0.225. The van der Waals surface area contributed by atoms with E-state index in [1.165, 1.54) is 44.9 Å². The summed E-state index contributed by atoms with van der Waals surface area (Å²) in [6, 6.07) is 0.696. The number of rotatable bonds is 4. The second-order valence-electron chi connectivity index (χ2n) is 6.87. The highest BCUT2D eigenvalue weighted by Gasteiger charge is 2.41. The van der Waals surface area contributed by atoms with E-state index in [9.17, 15) is 0 Å². The Morgan fingerprint density at radius 2 is 2.11 bits per heavy atom. The van der Waals surface area contributed by atoms with Gasteiger partial charge in [0.25, 0.3) is 0 Å². The van der Waals surface area contributed by atoms with Gasteiger partial charge in [-0.3, -0.25) is 0 Å². The van der Waals surface area contributed by atoms with Crippen LogP contribution in [-0.2, 0) is 4.74 Å². The van der Waals surface area contributed by atoms with E-state index < -0.39 is 0 Å². The van der Waals surface area contributed by atoms with Crippen molar-refractivity contribution in [2.24, 2.45) is 11.8 Å². The van der Waals surface area contributed by atoms with Gasteiger partial charge in [0.05, 0.1) is 5.60 Å². The lowest BCUT2D eigenvalue weighted by molar-refractivity contribution is -0.121. The second kappa shape index (κ2) is 6.38. The van der Waals surface area contributed by atoms with Gasteiger partial charge in [0, 0.05) is 12.6 Å². The second-order valence-corrected chi connectivity index (χ2v) is 6.87. The summed E-state index contributed by atoms with van der Waals surface area (Å²) in [5, 5.41) is 3.63. The molecule has 1 saturated heterocycles. The fourth-order valence-corrected chi connectivity index (χ4v) is 4.12. The Balaban J connectivity index is 1.92. The van der Waals surface area contributed by atoms with Crippen molar-refractivity contribution in [2.75, 3.05) is 13.2 Å². The molecule has 2 rings (SSSR count). The van der Waals surface area contributed by atoms with Crippen molar-refractivity contribution in [3.05, 3.63) is 0 Å². The molecule has 1 aliphatic carbocycles. The summed E-state index contributed by atoms with van der Waals surface area (Å²) in [5.74, 6) is 1.73. The van der Waals surface area contributed by atoms with Crippen LogP contribution in [0, 0.1) is 11.8 Å². The number of hydrogen-bond acceptors (Lipinski definition) is 2. The monoisotopic (exact) mass is 253 g/mol. The first-order valence-corrected chi connectivity index (χ1v) is 8.01. The predicted octanol–water partition coefficient (Wildman–Crippen LogP) is 3.75. The molecule has 2 heteroatoms. The Bertz CT molecular complexity index is 247. The zero-order valence-corrected chi connectivity index (χ0v) is 12.5. The first kappa shape index (κ1) is 14.3. The van der Waals surface area contributed by atoms with E-state index in [2.05, 4.69) is 26.1 Å². The highest BCUT2D eigenvalue weighted by atomic mass is 16.5. The van der Waals surface area contributed by atoms with Crippen LogP contribution < -0.4 is 5.32 Å². The van der Waals surface area contributed by atoms with E-state index in [0.717, 1.165) is 25.0 Å². The van der Waals surface area contributed by atoms with Gasteiger partial charge in [0.15, 0.2) is 0 Å². The van der Waals surface area contributed by atoms with E-state index in [0.29, 0.717) is 6.04 Å². The third kappa shape index (κ3) is 3.71. The molecule has 0 amide bonds. The van der Waals surface area contributed by atoms with E-state index in [-0.39, 0.29) is 5.60 Å². The van der Waals surface area contributed by atoms with E-state index in [1.54, 1.807) is 0 Å². The van der Waals surface area contributed by atoms with Gasteiger partial charge in [-0.15, -0.1) is 0 Å². The smallest absolute Gasteiger partial charge is 0.0700 e. The molecule has 1 spiro atoms. The normalized spacial score (nSPS) is 37.3. The van der Waals surface area contributed by atoms with Crippen molar-refractivity contribution in [1.29, 1.82) is 0 Å². The summed E-state index contributed by atoms with van der Waals surface area (Å²) >= 11 is 0. The molecule has 2 nitrogen and oxygen atoms in total. The average molecular weight is 253 g/mol. The van der Waals surface area contributed by atoms with Crippen molar-refractivity contribution < 1.29 is 4.74 Å². The molecule has 1 heterocycles. The Kier molecular flexibility index (Phi) is 5.08. The zero-order valence-electron chi connectivity index (χ0n) is 12.5. The molecule has 2 fully saturated rings. The summed E-state index contributed by atoms with van der Waals surface area (Å²) in [4.78, 5) is 0. The van der Waals surface area contributed by atoms with E-state index in [4.69, 9.17) is 4.74 Å². The van der Waals surface area contributed by atoms with Crippen LogP contribution in [0.5, 0.6) is 0 Å². The van der Waals surface area contributed by atoms with Gasteiger partial charge in [-0.05, 0) is 50.5 Å². The van der Waals surface area contributed by atoms with Crippen LogP contribution in [0.15, 0.2) is 0 Å². The number of hydrogen-bond donors (Lipinski definition) is 1. The molecule has 3 unspecified atom stereocenters. The van der Waals surface area contributed by atoms with Gasteiger partial charge < -0.3 is 10.1 Å². The molecule has 0 aromatic heterocycles. The van der Waals surface area contributed by atoms with Crippen LogP contribution in [0.1, 0.15) is 65.7 Å². The average Bonchev–Trinajstić information content (AvgIpc) is 2.28. The molecule has 0 aromatic rings. The first-order chi connectivity index (χ1) is 8.63. The van der Waals surface area contributed by atoms with Crippen molar-refractivity contribution in [3.63, 3.8) is 0 Å². The molecule has 1 N–H and O–H groups in total. The third-order valence-corrected chi connectivity index (χ3v) is 4.70. The Hall–Kier alpha value is -0.0800. The summed E-state index contributed by atoms with van der Waals surface area (Å²) in [6.07, 6.45) is 9.23. The van der Waals surface area contributed by atoms with Gasteiger partial charge >= 0.3 is 0 Å². The van der Waals surface area contributed by atoms with E-state index in [1.807, 2.05) is 0 Å². The van der Waals surface area contributed by atoms with Crippen molar-refractivity contribution in [1.82, 2.24) is 5.32 Å². The van der Waals surface area contributed by atoms with Crippen LogP contribution in [-0.4, -0.2) is 24.8 Å². The zero-order chi connectivity index (χ0) is 13.0. The van der Waals surface area contributed by atoms with Gasteiger partial charge in [0.2, 0.25) is 0 Å². The third-order valence-electron chi connectivity index (χ3n) is 4.70. The lowest BCUT2D eigenvalue weighted by Gasteiger charge is -2.46. The Morgan fingerprint density at radius 1 is 1.28 bits per heavy atom. The highest BCUT2D eigenvalue weighted by molar-refractivity contribution is 4.94. The van der Waals surface area contributed by atoms with Gasteiger partial charge in [-0.25, -0.2) is 0 Å². The summed E-state index contributed by atoms with van der Waals surface area (Å²) in [7, 11) is 0. The van der Waals surface area contributed by atoms with Crippen molar-refractivity contribution in [2.45, 2.75) is 77.4 Å². The van der Waals surface area contributed by atoms with Gasteiger partial charge in [-0.1, -0.05) is 33.6 Å². The summed E-state index contributed by atoms with van der Waals surface area (Å²) in [5.41, 5.74) is 0.225. The quantitative estimate of drug-likeness (QED) is 0.824. The lowest BCUT2D eigenvalue weighted by Crippen LogP contribution is -2.49. The maximum Gasteiger partial charge on any atom is 0.0700 e. The molecule has 1 saturated carbocycles. The topological polar surface area (TPSA) is 21.3 Å². The lowest BCUT2D eigenvalue weighted by atomic mass is 9.71. The predicted molar refractivity (Wildman–Crippen MR) is 76.8 cm³/mol.